The van der Waals surface area contributed by atoms with Crippen LogP contribution in [0.25, 0.3) is 0 Å². The minimum Gasteiger partial charge on any atom is -0.380 e. The summed E-state index contributed by atoms with van der Waals surface area (Å²) in [6.07, 6.45) is 0. The maximum Gasteiger partial charge on any atom is 0.234 e. The summed E-state index contributed by atoms with van der Waals surface area (Å²) in [5, 5.41) is 9.26. The van der Waals surface area contributed by atoms with Gasteiger partial charge in [-0.05, 0) is 42.7 Å². The molecule has 1 unspecified atom stereocenters. The lowest BCUT2D eigenvalue weighted by molar-refractivity contribution is -0.118. The van der Waals surface area contributed by atoms with Gasteiger partial charge in [-0.15, -0.1) is 11.8 Å². The van der Waals surface area contributed by atoms with E-state index in [2.05, 4.69) is 29.8 Å². The van der Waals surface area contributed by atoms with Gasteiger partial charge in [0.25, 0.3) is 0 Å². The van der Waals surface area contributed by atoms with Crippen molar-refractivity contribution in [3.63, 3.8) is 0 Å². The molecule has 0 radical (unpaired) electrons. The lowest BCUT2D eigenvalue weighted by Gasteiger charge is -2.24. The van der Waals surface area contributed by atoms with Crippen LogP contribution >= 0.6 is 11.8 Å². The molecule has 1 atom stereocenters. The summed E-state index contributed by atoms with van der Waals surface area (Å²) in [5.74, 6) is 0.713. The number of carbonyl (C=O) groups is 2. The molecule has 6 heteroatoms. The molecule has 3 N–H and O–H groups in total. The molecule has 0 aliphatic carbocycles. The number of aryl methyl sites for hydroxylation is 1. The summed E-state index contributed by atoms with van der Waals surface area (Å²) in [4.78, 5) is 24.1. The number of anilines is 2. The molecule has 2 aromatic carbocycles. The van der Waals surface area contributed by atoms with Gasteiger partial charge in [-0.3, -0.25) is 9.59 Å². The van der Waals surface area contributed by atoms with Crippen molar-refractivity contribution in [2.45, 2.75) is 26.8 Å². The lowest BCUT2D eigenvalue weighted by Crippen LogP contribution is -2.40. The molecule has 0 aromatic heterocycles. The summed E-state index contributed by atoms with van der Waals surface area (Å²) in [6.45, 7) is 6.77. The highest BCUT2D eigenvalue weighted by atomic mass is 32.2. The average molecular weight is 400 g/mol. The maximum atomic E-state index is 12.1. The first kappa shape index (κ1) is 21.8. The molecule has 0 bridgehead atoms. The van der Waals surface area contributed by atoms with Gasteiger partial charge in [0, 0.05) is 24.0 Å². The zero-order valence-corrected chi connectivity index (χ0v) is 17.5. The molecule has 0 aliphatic rings. The smallest absolute Gasteiger partial charge is 0.234 e. The molecule has 0 aliphatic heterocycles. The van der Waals surface area contributed by atoms with Crippen LogP contribution in [-0.4, -0.2) is 35.9 Å². The van der Waals surface area contributed by atoms with Crippen LogP contribution < -0.4 is 16.0 Å². The number of nitrogens with one attached hydrogen (secondary N) is 3. The molecule has 5 nitrogen and oxygen atoms in total. The van der Waals surface area contributed by atoms with Crippen LogP contribution in [0.2, 0.25) is 0 Å². The van der Waals surface area contributed by atoms with Crippen molar-refractivity contribution < 1.29 is 9.59 Å². The Balaban J connectivity index is 1.68. The first-order valence-corrected chi connectivity index (χ1v) is 10.6. The van der Waals surface area contributed by atoms with E-state index in [4.69, 9.17) is 0 Å². The van der Waals surface area contributed by atoms with Gasteiger partial charge in [-0.1, -0.05) is 44.2 Å². The van der Waals surface area contributed by atoms with E-state index in [0.29, 0.717) is 12.5 Å². The topological polar surface area (TPSA) is 70.2 Å². The fourth-order valence-electron chi connectivity index (χ4n) is 2.63. The Morgan fingerprint density at radius 1 is 0.929 bits per heavy atom. The Hall–Kier alpha value is -2.47. The van der Waals surface area contributed by atoms with Crippen LogP contribution in [0.5, 0.6) is 0 Å². The van der Waals surface area contributed by atoms with Gasteiger partial charge < -0.3 is 16.0 Å². The van der Waals surface area contributed by atoms with Gasteiger partial charge in [0.15, 0.2) is 0 Å². The summed E-state index contributed by atoms with van der Waals surface area (Å²) in [7, 11) is 0. The van der Waals surface area contributed by atoms with Gasteiger partial charge in [-0.2, -0.15) is 0 Å². The van der Waals surface area contributed by atoms with Crippen molar-refractivity contribution in [2.24, 2.45) is 5.92 Å². The van der Waals surface area contributed by atoms with Gasteiger partial charge in [0.05, 0.1) is 11.5 Å². The normalized spacial score (nSPS) is 11.7. The number of amides is 2. The third kappa shape index (κ3) is 8.05. The number of rotatable bonds is 10. The highest BCUT2D eigenvalue weighted by Crippen LogP contribution is 2.12. The quantitative estimate of drug-likeness (QED) is 0.566. The highest BCUT2D eigenvalue weighted by molar-refractivity contribution is 8.00. The zero-order valence-electron chi connectivity index (χ0n) is 16.7. The van der Waals surface area contributed by atoms with Crippen LogP contribution in [0.3, 0.4) is 0 Å². The summed E-state index contributed by atoms with van der Waals surface area (Å²) >= 11 is 1.31. The SMILES string of the molecule is Cc1cccc(NC(=O)CSCC(=O)NCC(Nc2ccccc2)C(C)C)c1. The van der Waals surface area contributed by atoms with E-state index in [1.807, 2.05) is 61.5 Å². The third-order valence-electron chi connectivity index (χ3n) is 4.22. The van der Waals surface area contributed by atoms with E-state index >= 15 is 0 Å². The Morgan fingerprint density at radius 2 is 1.61 bits per heavy atom. The van der Waals surface area contributed by atoms with Crippen molar-refractivity contribution in [1.82, 2.24) is 5.32 Å². The predicted octanol–water partition coefficient (Wildman–Crippen LogP) is 3.92. The van der Waals surface area contributed by atoms with Crippen LogP contribution in [0.1, 0.15) is 19.4 Å². The molecular formula is C22H29N3O2S. The van der Waals surface area contributed by atoms with Crippen molar-refractivity contribution in [3.05, 3.63) is 60.2 Å². The third-order valence-corrected chi connectivity index (χ3v) is 5.15. The van der Waals surface area contributed by atoms with E-state index in [1.165, 1.54) is 11.8 Å². The Kier molecular flexibility index (Phi) is 8.88. The number of hydrogen-bond acceptors (Lipinski definition) is 4. The van der Waals surface area contributed by atoms with E-state index < -0.39 is 0 Å². The van der Waals surface area contributed by atoms with Gasteiger partial charge in [0.2, 0.25) is 11.8 Å². The predicted molar refractivity (Wildman–Crippen MR) is 119 cm³/mol. The monoisotopic (exact) mass is 399 g/mol. The molecule has 0 saturated heterocycles. The number of hydrogen-bond donors (Lipinski definition) is 3. The van der Waals surface area contributed by atoms with Crippen LogP contribution in [0.15, 0.2) is 54.6 Å². The minimum absolute atomic E-state index is 0.0612. The Morgan fingerprint density at radius 3 is 2.29 bits per heavy atom. The molecule has 0 saturated carbocycles. The highest BCUT2D eigenvalue weighted by Gasteiger charge is 2.14. The Labute approximate surface area is 171 Å². The fraction of sp³-hybridized carbons (Fsp3) is 0.364. The molecule has 2 amide bonds. The van der Waals surface area contributed by atoms with E-state index in [9.17, 15) is 9.59 Å². The van der Waals surface area contributed by atoms with Crippen LogP contribution in [0, 0.1) is 12.8 Å². The van der Waals surface area contributed by atoms with Crippen molar-refractivity contribution in [3.8, 4) is 0 Å². The lowest BCUT2D eigenvalue weighted by atomic mass is 10.0. The molecule has 0 heterocycles. The Bertz CT molecular complexity index is 765. The van der Waals surface area contributed by atoms with Crippen molar-refractivity contribution >= 4 is 35.0 Å². The standard InChI is InChI=1S/C22H29N3O2S/c1-16(2)20(24-18-9-5-4-6-10-18)13-23-21(26)14-28-15-22(27)25-19-11-7-8-17(3)12-19/h4-12,16,20,24H,13-15H2,1-3H3,(H,23,26)(H,25,27). The molecular weight excluding hydrogens is 370 g/mol. The van der Waals surface area contributed by atoms with Gasteiger partial charge in [0.1, 0.15) is 0 Å². The second-order valence-electron chi connectivity index (χ2n) is 7.08. The van der Waals surface area contributed by atoms with E-state index in [-0.39, 0.29) is 29.4 Å². The van der Waals surface area contributed by atoms with E-state index in [1.54, 1.807) is 0 Å². The molecule has 28 heavy (non-hydrogen) atoms. The summed E-state index contributed by atoms with van der Waals surface area (Å²) in [6, 6.07) is 17.8. The number of para-hydroxylation sites is 1. The first-order chi connectivity index (χ1) is 13.4. The molecule has 2 aromatic rings. The fourth-order valence-corrected chi connectivity index (χ4v) is 3.28. The zero-order chi connectivity index (χ0) is 20.4. The summed E-state index contributed by atoms with van der Waals surface area (Å²) < 4.78 is 0. The number of carbonyl (C=O) groups excluding carboxylic acids is 2. The second kappa shape index (κ2) is 11.4. The first-order valence-electron chi connectivity index (χ1n) is 9.46. The molecule has 2 rings (SSSR count). The molecule has 150 valence electrons. The number of benzene rings is 2. The number of thioether (sulfide) groups is 1. The molecule has 0 spiro atoms. The summed E-state index contributed by atoms with van der Waals surface area (Å²) in [5.41, 5.74) is 2.91. The maximum absolute atomic E-state index is 12.1. The van der Waals surface area contributed by atoms with E-state index in [0.717, 1.165) is 16.9 Å². The average Bonchev–Trinajstić information content (AvgIpc) is 2.65. The molecule has 0 fully saturated rings. The second-order valence-corrected chi connectivity index (χ2v) is 8.06. The van der Waals surface area contributed by atoms with Gasteiger partial charge >= 0.3 is 0 Å². The minimum atomic E-state index is -0.103. The van der Waals surface area contributed by atoms with Crippen LogP contribution in [0.4, 0.5) is 11.4 Å². The van der Waals surface area contributed by atoms with Crippen molar-refractivity contribution in [2.75, 3.05) is 28.7 Å². The van der Waals surface area contributed by atoms with Crippen molar-refractivity contribution in [1.29, 1.82) is 0 Å². The largest absolute Gasteiger partial charge is 0.380 e. The van der Waals surface area contributed by atoms with Gasteiger partial charge in [-0.25, -0.2) is 0 Å². The van der Waals surface area contributed by atoms with Crippen LogP contribution in [-0.2, 0) is 9.59 Å².